The summed E-state index contributed by atoms with van der Waals surface area (Å²) in [6, 6.07) is 5.74. The highest BCUT2D eigenvalue weighted by atomic mass is 32.2. The van der Waals surface area contributed by atoms with Gasteiger partial charge in [-0.1, -0.05) is 13.0 Å². The third-order valence-electron chi connectivity index (χ3n) is 3.36. The summed E-state index contributed by atoms with van der Waals surface area (Å²) in [5.41, 5.74) is 0.430. The van der Waals surface area contributed by atoms with E-state index in [9.17, 15) is 13.2 Å². The first-order valence-corrected chi connectivity index (χ1v) is 8.09. The first kappa shape index (κ1) is 14.8. The summed E-state index contributed by atoms with van der Waals surface area (Å²) >= 11 is 0. The number of primary sulfonamides is 1. The molecule has 2 amide bonds. The Kier molecular flexibility index (Phi) is 4.29. The van der Waals surface area contributed by atoms with Gasteiger partial charge in [0.05, 0.1) is 4.90 Å². The van der Waals surface area contributed by atoms with E-state index in [1.54, 1.807) is 17.0 Å². The van der Waals surface area contributed by atoms with Crippen LogP contribution < -0.4 is 10.5 Å². The molecule has 0 spiro atoms. The molecule has 1 aromatic carbocycles. The van der Waals surface area contributed by atoms with Gasteiger partial charge in [-0.25, -0.2) is 18.4 Å². The quantitative estimate of drug-likeness (QED) is 0.868. The highest BCUT2D eigenvalue weighted by Gasteiger charge is 2.21. The van der Waals surface area contributed by atoms with E-state index in [1.165, 1.54) is 12.1 Å². The Balaban J connectivity index is 2.08. The molecule has 0 unspecified atom stereocenters. The molecule has 7 heteroatoms. The number of nitrogens with one attached hydrogen (secondary N) is 1. The van der Waals surface area contributed by atoms with Crippen molar-refractivity contribution in [1.82, 2.24) is 4.90 Å². The number of nitrogens with two attached hydrogens (primary N) is 1. The molecule has 0 aliphatic carbocycles. The standard InChI is InChI=1S/C13H19N3O3S/c1-10-4-3-7-16(9-10)13(17)15-11-5-2-6-12(8-11)20(14,18)19/h2,5-6,8,10H,3-4,7,9H2,1H3,(H,15,17)(H2,14,18,19)/t10-/m1/s1. The van der Waals surface area contributed by atoms with Gasteiger partial charge in [0.15, 0.2) is 0 Å². The van der Waals surface area contributed by atoms with Gasteiger partial charge < -0.3 is 10.2 Å². The zero-order valence-corrected chi connectivity index (χ0v) is 12.2. The number of anilines is 1. The third kappa shape index (κ3) is 3.71. The van der Waals surface area contributed by atoms with Gasteiger partial charge in [0.1, 0.15) is 0 Å². The smallest absolute Gasteiger partial charge is 0.321 e. The minimum Gasteiger partial charge on any atom is -0.324 e. The second-order valence-electron chi connectivity index (χ2n) is 5.20. The zero-order chi connectivity index (χ0) is 14.8. The molecule has 1 fully saturated rings. The molecule has 0 aromatic heterocycles. The number of benzene rings is 1. The summed E-state index contributed by atoms with van der Waals surface area (Å²) in [5, 5.41) is 7.78. The average Bonchev–Trinajstić information content (AvgIpc) is 2.38. The van der Waals surface area contributed by atoms with E-state index in [-0.39, 0.29) is 10.9 Å². The van der Waals surface area contributed by atoms with Crippen LogP contribution in [0, 0.1) is 5.92 Å². The minimum absolute atomic E-state index is 0.0117. The van der Waals surface area contributed by atoms with Gasteiger partial charge in [-0.3, -0.25) is 0 Å². The van der Waals surface area contributed by atoms with Crippen molar-refractivity contribution in [2.75, 3.05) is 18.4 Å². The molecule has 20 heavy (non-hydrogen) atoms. The van der Waals surface area contributed by atoms with Crippen molar-refractivity contribution < 1.29 is 13.2 Å². The lowest BCUT2D eigenvalue weighted by Crippen LogP contribution is -2.41. The van der Waals surface area contributed by atoms with Crippen molar-refractivity contribution in [1.29, 1.82) is 0 Å². The number of hydrogen-bond acceptors (Lipinski definition) is 3. The lowest BCUT2D eigenvalue weighted by atomic mass is 10.0. The van der Waals surface area contributed by atoms with Crippen LogP contribution in [0.2, 0.25) is 0 Å². The van der Waals surface area contributed by atoms with Gasteiger partial charge in [0.25, 0.3) is 0 Å². The summed E-state index contributed by atoms with van der Waals surface area (Å²) in [6.45, 7) is 3.56. The molecule has 1 aromatic rings. The van der Waals surface area contributed by atoms with Crippen molar-refractivity contribution in [3.05, 3.63) is 24.3 Å². The fourth-order valence-corrected chi connectivity index (χ4v) is 2.89. The van der Waals surface area contributed by atoms with Crippen LogP contribution in [0.3, 0.4) is 0 Å². The van der Waals surface area contributed by atoms with Crippen LogP contribution in [-0.2, 0) is 10.0 Å². The van der Waals surface area contributed by atoms with Crippen LogP contribution in [0.1, 0.15) is 19.8 Å². The number of likely N-dealkylation sites (tertiary alicyclic amines) is 1. The lowest BCUT2D eigenvalue weighted by Gasteiger charge is -2.30. The molecule has 1 aliphatic rings. The Labute approximate surface area is 119 Å². The van der Waals surface area contributed by atoms with E-state index in [1.807, 2.05) is 0 Å². The fourth-order valence-electron chi connectivity index (χ4n) is 2.33. The number of urea groups is 1. The monoisotopic (exact) mass is 297 g/mol. The summed E-state index contributed by atoms with van der Waals surface area (Å²) < 4.78 is 22.5. The largest absolute Gasteiger partial charge is 0.324 e. The number of carbonyl (C=O) groups is 1. The molecule has 1 aliphatic heterocycles. The van der Waals surface area contributed by atoms with Crippen molar-refractivity contribution in [3.8, 4) is 0 Å². The highest BCUT2D eigenvalue weighted by molar-refractivity contribution is 7.89. The van der Waals surface area contributed by atoms with E-state index >= 15 is 0 Å². The Morgan fingerprint density at radius 1 is 1.45 bits per heavy atom. The van der Waals surface area contributed by atoms with E-state index in [0.717, 1.165) is 25.9 Å². The number of hydrogen-bond donors (Lipinski definition) is 2. The Hall–Kier alpha value is -1.60. The van der Waals surface area contributed by atoms with Crippen molar-refractivity contribution in [3.63, 3.8) is 0 Å². The average molecular weight is 297 g/mol. The number of piperidine rings is 1. The van der Waals surface area contributed by atoms with Crippen LogP contribution >= 0.6 is 0 Å². The van der Waals surface area contributed by atoms with Crippen LogP contribution in [0.25, 0.3) is 0 Å². The molecule has 1 saturated heterocycles. The maximum absolute atomic E-state index is 12.1. The van der Waals surface area contributed by atoms with Gasteiger partial charge in [-0.15, -0.1) is 0 Å². The Morgan fingerprint density at radius 3 is 2.85 bits per heavy atom. The van der Waals surface area contributed by atoms with Gasteiger partial charge in [0, 0.05) is 18.8 Å². The van der Waals surface area contributed by atoms with E-state index in [0.29, 0.717) is 11.6 Å². The molecule has 6 nitrogen and oxygen atoms in total. The first-order chi connectivity index (χ1) is 9.36. The highest BCUT2D eigenvalue weighted by Crippen LogP contribution is 2.18. The number of sulfonamides is 1. The van der Waals surface area contributed by atoms with Crippen LogP contribution in [-0.4, -0.2) is 32.4 Å². The number of nitrogens with zero attached hydrogens (tertiary/aromatic N) is 1. The Bertz CT molecular complexity index is 601. The predicted octanol–water partition coefficient (Wildman–Crippen LogP) is 1.60. The number of amides is 2. The molecule has 0 radical (unpaired) electrons. The SMILES string of the molecule is C[C@@H]1CCCN(C(=O)Nc2cccc(S(N)(=O)=O)c2)C1. The van der Waals surface area contributed by atoms with Crippen molar-refractivity contribution in [2.45, 2.75) is 24.7 Å². The number of rotatable bonds is 2. The molecule has 0 bridgehead atoms. The molecular formula is C13H19N3O3S. The van der Waals surface area contributed by atoms with Gasteiger partial charge in [-0.05, 0) is 37.0 Å². The summed E-state index contributed by atoms with van der Waals surface area (Å²) in [6.07, 6.45) is 2.12. The minimum atomic E-state index is -3.76. The lowest BCUT2D eigenvalue weighted by molar-refractivity contribution is 0.182. The zero-order valence-electron chi connectivity index (χ0n) is 11.4. The summed E-state index contributed by atoms with van der Waals surface area (Å²) in [7, 11) is -3.76. The van der Waals surface area contributed by atoms with Gasteiger partial charge in [-0.2, -0.15) is 0 Å². The maximum atomic E-state index is 12.1. The molecular weight excluding hydrogens is 278 g/mol. The third-order valence-corrected chi connectivity index (χ3v) is 4.27. The second kappa shape index (κ2) is 5.80. The number of carbonyl (C=O) groups excluding carboxylic acids is 1. The van der Waals surface area contributed by atoms with Crippen molar-refractivity contribution in [2.24, 2.45) is 11.1 Å². The molecule has 1 heterocycles. The van der Waals surface area contributed by atoms with E-state index in [2.05, 4.69) is 12.2 Å². The summed E-state index contributed by atoms with van der Waals surface area (Å²) in [4.78, 5) is 13.8. The van der Waals surface area contributed by atoms with Crippen LogP contribution in [0.5, 0.6) is 0 Å². The van der Waals surface area contributed by atoms with Gasteiger partial charge >= 0.3 is 6.03 Å². The normalized spacial score (nSPS) is 19.7. The molecule has 3 N–H and O–H groups in total. The molecule has 110 valence electrons. The molecule has 2 rings (SSSR count). The second-order valence-corrected chi connectivity index (χ2v) is 6.76. The predicted molar refractivity (Wildman–Crippen MR) is 76.8 cm³/mol. The molecule has 0 saturated carbocycles. The van der Waals surface area contributed by atoms with Crippen LogP contribution in [0.4, 0.5) is 10.5 Å². The first-order valence-electron chi connectivity index (χ1n) is 6.55. The fraction of sp³-hybridized carbons (Fsp3) is 0.462. The summed E-state index contributed by atoms with van der Waals surface area (Å²) in [5.74, 6) is 0.491. The Morgan fingerprint density at radius 2 is 2.20 bits per heavy atom. The van der Waals surface area contributed by atoms with Crippen molar-refractivity contribution >= 4 is 21.7 Å². The maximum Gasteiger partial charge on any atom is 0.321 e. The van der Waals surface area contributed by atoms with E-state index in [4.69, 9.17) is 5.14 Å². The van der Waals surface area contributed by atoms with Gasteiger partial charge in [0.2, 0.25) is 10.0 Å². The molecule has 1 atom stereocenters. The van der Waals surface area contributed by atoms with Crippen LogP contribution in [0.15, 0.2) is 29.2 Å². The van der Waals surface area contributed by atoms with E-state index < -0.39 is 10.0 Å². The topological polar surface area (TPSA) is 92.5 Å².